The first kappa shape index (κ1) is 25.0. The van der Waals surface area contributed by atoms with Gasteiger partial charge in [-0.25, -0.2) is 0 Å². The van der Waals surface area contributed by atoms with Crippen LogP contribution in [0, 0.1) is 11.3 Å². The number of benzene rings is 1. The van der Waals surface area contributed by atoms with Gasteiger partial charge in [0.05, 0.1) is 6.21 Å². The van der Waals surface area contributed by atoms with E-state index in [-0.39, 0.29) is 12.3 Å². The van der Waals surface area contributed by atoms with Crippen LogP contribution < -0.4 is 5.73 Å². The third-order valence-electron chi connectivity index (χ3n) is 5.08. The van der Waals surface area contributed by atoms with Crippen LogP contribution in [0.4, 0.5) is 0 Å². The van der Waals surface area contributed by atoms with Crippen molar-refractivity contribution in [1.82, 2.24) is 4.90 Å². The van der Waals surface area contributed by atoms with Crippen molar-refractivity contribution in [2.75, 3.05) is 7.05 Å². The maximum atomic E-state index is 11.2. The lowest BCUT2D eigenvalue weighted by atomic mass is 10.00. The van der Waals surface area contributed by atoms with Crippen LogP contribution in [-0.4, -0.2) is 35.7 Å². The van der Waals surface area contributed by atoms with E-state index in [2.05, 4.69) is 36.9 Å². The van der Waals surface area contributed by atoms with E-state index in [9.17, 15) is 4.79 Å². The highest BCUT2D eigenvalue weighted by Gasteiger charge is 2.18. The molecule has 0 spiro atoms. The highest BCUT2D eigenvalue weighted by Crippen LogP contribution is 2.36. The Morgan fingerprint density at radius 3 is 2.17 bits per heavy atom. The first-order chi connectivity index (χ1) is 14.0. The highest BCUT2D eigenvalue weighted by molar-refractivity contribution is 8.00. The normalized spacial score (nSPS) is 16.1. The summed E-state index contributed by atoms with van der Waals surface area (Å²) >= 11 is 1.98. The van der Waals surface area contributed by atoms with Gasteiger partial charge in [0.1, 0.15) is 0 Å². The smallest absolute Gasteiger partial charge is 0.267 e. The summed E-state index contributed by atoms with van der Waals surface area (Å²) in [4.78, 5) is 22.5. The van der Waals surface area contributed by atoms with Crippen LogP contribution in [-0.2, 0) is 16.0 Å². The standard InChI is InChI=1S/C16H20N2OS.C6H12.CH3NO/c1-18(16(19)12-17)11-3-4-13-7-9-15(10-8-13)20-14-5-2-6-14;1-6-4-2-3-5-6;2-1-3/h3,7-12,14,17H,2,4-6H2,1H3;6H,2-5H2,1H3;1H,(H2,2,3)/b11-3+,17-12?;;. The third kappa shape index (κ3) is 10.9. The van der Waals surface area contributed by atoms with Gasteiger partial charge in [0, 0.05) is 23.4 Å². The van der Waals surface area contributed by atoms with Crippen LogP contribution in [0.2, 0.25) is 0 Å². The Labute approximate surface area is 179 Å². The number of nitrogens with two attached hydrogens (primary N) is 1. The molecule has 29 heavy (non-hydrogen) atoms. The number of rotatable bonds is 6. The van der Waals surface area contributed by atoms with Crippen molar-refractivity contribution in [3.63, 3.8) is 0 Å². The van der Waals surface area contributed by atoms with Crippen LogP contribution in [0.15, 0.2) is 41.4 Å². The molecule has 3 rings (SSSR count). The van der Waals surface area contributed by atoms with Crippen LogP contribution in [0.1, 0.15) is 57.4 Å². The molecule has 0 bridgehead atoms. The van der Waals surface area contributed by atoms with E-state index in [1.807, 2.05) is 17.8 Å². The first-order valence-corrected chi connectivity index (χ1v) is 11.2. The van der Waals surface area contributed by atoms with E-state index in [1.165, 1.54) is 60.3 Å². The fraction of sp³-hybridized carbons (Fsp3) is 0.522. The first-order valence-electron chi connectivity index (χ1n) is 10.3. The summed E-state index contributed by atoms with van der Waals surface area (Å²) in [6, 6.07) is 8.64. The van der Waals surface area contributed by atoms with E-state index in [1.54, 1.807) is 13.2 Å². The summed E-state index contributed by atoms with van der Waals surface area (Å²) in [5.41, 5.74) is 5.40. The van der Waals surface area contributed by atoms with Crippen LogP contribution in [0.25, 0.3) is 0 Å². The van der Waals surface area contributed by atoms with Gasteiger partial charge in [-0.3, -0.25) is 9.59 Å². The maximum Gasteiger partial charge on any atom is 0.267 e. The van der Waals surface area contributed by atoms with Gasteiger partial charge in [-0.15, -0.1) is 11.8 Å². The van der Waals surface area contributed by atoms with Crippen molar-refractivity contribution in [1.29, 1.82) is 5.41 Å². The number of amides is 2. The number of nitrogens with zero attached hydrogens (tertiary/aromatic N) is 1. The maximum absolute atomic E-state index is 11.2. The lowest BCUT2D eigenvalue weighted by Gasteiger charge is -2.24. The number of carbonyl (C=O) groups is 2. The Kier molecular flexibility index (Phi) is 12.8. The second-order valence-electron chi connectivity index (χ2n) is 7.52. The predicted octanol–water partition coefficient (Wildman–Crippen LogP) is 4.79. The largest absolute Gasteiger partial charge is 0.372 e. The van der Waals surface area contributed by atoms with Crippen LogP contribution >= 0.6 is 11.8 Å². The van der Waals surface area contributed by atoms with Crippen molar-refractivity contribution in [2.24, 2.45) is 11.7 Å². The molecular formula is C23H35N3O2S. The average Bonchev–Trinajstić information content (AvgIpc) is 3.17. The summed E-state index contributed by atoms with van der Waals surface area (Å²) < 4.78 is 0. The molecule has 2 aliphatic rings. The zero-order valence-corrected chi connectivity index (χ0v) is 18.5. The second kappa shape index (κ2) is 14.9. The van der Waals surface area contributed by atoms with Crippen LogP contribution in [0.3, 0.4) is 0 Å². The molecule has 0 atom stereocenters. The summed E-state index contributed by atoms with van der Waals surface area (Å²) in [5, 5.41) is 7.71. The Balaban J connectivity index is 0.000000387. The van der Waals surface area contributed by atoms with E-state index in [0.717, 1.165) is 23.8 Å². The van der Waals surface area contributed by atoms with Crippen molar-refractivity contribution in [3.8, 4) is 0 Å². The molecule has 1 aromatic rings. The molecule has 3 N–H and O–H groups in total. The number of thioether (sulfide) groups is 1. The lowest BCUT2D eigenvalue weighted by molar-refractivity contribution is -0.120. The number of hydrogen-bond acceptors (Lipinski definition) is 4. The van der Waals surface area contributed by atoms with Crippen molar-refractivity contribution in [2.45, 2.75) is 68.4 Å². The molecule has 2 aliphatic carbocycles. The SMILES string of the molecule is CC1CCCC1.CN(/C=C/Cc1ccc(SC2CCC2)cc1)C(=O)C=N.NC=O. The van der Waals surface area contributed by atoms with Gasteiger partial charge in [-0.2, -0.15) is 0 Å². The van der Waals surface area contributed by atoms with Gasteiger partial charge in [0.15, 0.2) is 0 Å². The molecule has 1 aromatic carbocycles. The van der Waals surface area contributed by atoms with Gasteiger partial charge in [0.2, 0.25) is 6.41 Å². The molecule has 0 heterocycles. The number of allylic oxidation sites excluding steroid dienone is 1. The molecule has 0 saturated heterocycles. The summed E-state index contributed by atoms with van der Waals surface area (Å²) in [7, 11) is 1.65. The minimum atomic E-state index is -0.312. The molecule has 160 valence electrons. The van der Waals surface area contributed by atoms with Gasteiger partial charge in [0.25, 0.3) is 5.91 Å². The van der Waals surface area contributed by atoms with Crippen molar-refractivity contribution in [3.05, 3.63) is 42.1 Å². The topological polar surface area (TPSA) is 87.2 Å². The monoisotopic (exact) mass is 417 g/mol. The Hall–Kier alpha value is -2.08. The molecular weight excluding hydrogens is 382 g/mol. The zero-order chi connectivity index (χ0) is 21.5. The molecule has 0 radical (unpaired) electrons. The fourth-order valence-electron chi connectivity index (χ4n) is 3.04. The Bertz CT molecular complexity index is 636. The van der Waals surface area contributed by atoms with E-state index in [0.29, 0.717) is 0 Å². The van der Waals surface area contributed by atoms with Gasteiger partial charge in [-0.05, 0) is 42.9 Å². The Morgan fingerprint density at radius 1 is 1.17 bits per heavy atom. The van der Waals surface area contributed by atoms with E-state index < -0.39 is 0 Å². The lowest BCUT2D eigenvalue weighted by Crippen LogP contribution is -2.21. The minimum Gasteiger partial charge on any atom is -0.372 e. The summed E-state index contributed by atoms with van der Waals surface area (Å²) in [5.74, 6) is 0.735. The summed E-state index contributed by atoms with van der Waals surface area (Å²) in [6.45, 7) is 2.34. The molecule has 0 aliphatic heterocycles. The van der Waals surface area contributed by atoms with Gasteiger partial charge < -0.3 is 16.0 Å². The van der Waals surface area contributed by atoms with Crippen molar-refractivity contribution >= 4 is 30.3 Å². The van der Waals surface area contributed by atoms with E-state index >= 15 is 0 Å². The quantitative estimate of drug-likeness (QED) is 0.515. The second-order valence-corrected chi connectivity index (χ2v) is 8.90. The molecule has 0 unspecified atom stereocenters. The molecule has 2 fully saturated rings. The fourth-order valence-corrected chi connectivity index (χ4v) is 4.28. The molecule has 5 nitrogen and oxygen atoms in total. The molecule has 0 aromatic heterocycles. The number of primary amides is 1. The molecule has 2 saturated carbocycles. The van der Waals surface area contributed by atoms with E-state index in [4.69, 9.17) is 10.2 Å². The predicted molar refractivity (Wildman–Crippen MR) is 122 cm³/mol. The Morgan fingerprint density at radius 2 is 1.76 bits per heavy atom. The average molecular weight is 418 g/mol. The molecule has 6 heteroatoms. The van der Waals surface area contributed by atoms with Crippen LogP contribution in [0.5, 0.6) is 0 Å². The summed E-state index contributed by atoms with van der Waals surface area (Å²) in [6.07, 6.45) is 15.5. The molecule has 2 amide bonds. The minimum absolute atomic E-state index is 0.250. The van der Waals surface area contributed by atoms with Crippen molar-refractivity contribution < 1.29 is 9.59 Å². The number of nitrogens with one attached hydrogen (secondary N) is 1. The third-order valence-corrected chi connectivity index (χ3v) is 6.42. The van der Waals surface area contributed by atoms with Gasteiger partial charge >= 0.3 is 0 Å². The van der Waals surface area contributed by atoms with Gasteiger partial charge in [-0.1, -0.05) is 57.2 Å². The zero-order valence-electron chi connectivity index (χ0n) is 17.7. The number of carbonyl (C=O) groups excluding carboxylic acids is 2. The highest BCUT2D eigenvalue weighted by atomic mass is 32.2. The number of hydrogen-bond donors (Lipinski definition) is 2.